The van der Waals surface area contributed by atoms with Crippen LogP contribution in [0.4, 0.5) is 0 Å². The van der Waals surface area contributed by atoms with Gasteiger partial charge in [-0.2, -0.15) is 5.10 Å². The van der Waals surface area contributed by atoms with Crippen LogP contribution in [0, 0.1) is 0 Å². The molecule has 2 aromatic heterocycles. The summed E-state index contributed by atoms with van der Waals surface area (Å²) in [7, 11) is 1.75. The van der Waals surface area contributed by atoms with E-state index in [1.165, 1.54) is 6.20 Å². The Morgan fingerprint density at radius 2 is 2.25 bits per heavy atom. The van der Waals surface area contributed by atoms with Gasteiger partial charge in [0.2, 0.25) is 0 Å². The first-order valence-corrected chi connectivity index (χ1v) is 7.34. The van der Waals surface area contributed by atoms with Gasteiger partial charge >= 0.3 is 0 Å². The standard InChI is InChI=1S/C13H16BrN5O/c1-17-7-11(15-5-13(17)20)8-18-3-2-12(9-18)19-6-10(14)4-16-19/h4-7,12H,2-3,8-9H2,1H3. The molecule has 0 spiro atoms. The van der Waals surface area contributed by atoms with Gasteiger partial charge in [0.1, 0.15) is 0 Å². The van der Waals surface area contributed by atoms with E-state index in [0.717, 1.165) is 36.2 Å². The van der Waals surface area contributed by atoms with E-state index in [9.17, 15) is 4.79 Å². The van der Waals surface area contributed by atoms with Crippen molar-refractivity contribution in [1.29, 1.82) is 0 Å². The van der Waals surface area contributed by atoms with Crippen molar-refractivity contribution in [2.24, 2.45) is 7.05 Å². The number of nitrogens with zero attached hydrogens (tertiary/aromatic N) is 5. The third-order valence-electron chi connectivity index (χ3n) is 3.61. The van der Waals surface area contributed by atoms with Crippen molar-refractivity contribution in [2.45, 2.75) is 19.0 Å². The van der Waals surface area contributed by atoms with Crippen LogP contribution < -0.4 is 5.56 Å². The molecule has 1 aliphatic rings. The van der Waals surface area contributed by atoms with Crippen LogP contribution in [-0.2, 0) is 13.6 Å². The number of rotatable bonds is 3. The summed E-state index contributed by atoms with van der Waals surface area (Å²) in [5.74, 6) is 0. The fourth-order valence-electron chi connectivity index (χ4n) is 2.55. The van der Waals surface area contributed by atoms with Gasteiger partial charge in [-0.15, -0.1) is 0 Å². The van der Waals surface area contributed by atoms with Crippen LogP contribution in [0.3, 0.4) is 0 Å². The average molecular weight is 338 g/mol. The lowest BCUT2D eigenvalue weighted by Gasteiger charge is -2.15. The Morgan fingerprint density at radius 1 is 1.40 bits per heavy atom. The molecule has 6 nitrogen and oxygen atoms in total. The zero-order valence-electron chi connectivity index (χ0n) is 11.2. The summed E-state index contributed by atoms with van der Waals surface area (Å²) < 4.78 is 4.59. The molecule has 0 aliphatic carbocycles. The topological polar surface area (TPSA) is 56.0 Å². The van der Waals surface area contributed by atoms with Gasteiger partial charge in [-0.25, -0.2) is 0 Å². The number of halogens is 1. The predicted molar refractivity (Wildman–Crippen MR) is 78.3 cm³/mol. The van der Waals surface area contributed by atoms with Crippen molar-refractivity contribution in [3.05, 3.63) is 45.3 Å². The third kappa shape index (κ3) is 2.83. The second-order valence-electron chi connectivity index (χ2n) is 5.14. The minimum absolute atomic E-state index is 0.0746. The van der Waals surface area contributed by atoms with Gasteiger partial charge in [-0.3, -0.25) is 19.4 Å². The van der Waals surface area contributed by atoms with E-state index in [1.807, 2.05) is 17.1 Å². The summed E-state index contributed by atoms with van der Waals surface area (Å²) in [6, 6.07) is 0.411. The van der Waals surface area contributed by atoms with Crippen LogP contribution in [0.2, 0.25) is 0 Å². The lowest BCUT2D eigenvalue weighted by atomic mass is 10.3. The molecule has 0 N–H and O–H groups in total. The number of hydrogen-bond acceptors (Lipinski definition) is 4. The summed E-state index contributed by atoms with van der Waals surface area (Å²) in [5, 5.41) is 4.35. The van der Waals surface area contributed by atoms with Crippen molar-refractivity contribution in [3.8, 4) is 0 Å². The Bertz CT molecular complexity index is 665. The fraction of sp³-hybridized carbons (Fsp3) is 0.462. The zero-order valence-corrected chi connectivity index (χ0v) is 12.8. The van der Waals surface area contributed by atoms with Crippen molar-refractivity contribution in [1.82, 2.24) is 24.2 Å². The molecule has 106 valence electrons. The Labute approximate surface area is 125 Å². The first kappa shape index (κ1) is 13.5. The Hall–Kier alpha value is -1.47. The van der Waals surface area contributed by atoms with Crippen LogP contribution in [0.25, 0.3) is 0 Å². The molecule has 3 heterocycles. The largest absolute Gasteiger partial charge is 0.315 e. The number of hydrogen-bond donors (Lipinski definition) is 0. The number of aryl methyl sites for hydroxylation is 1. The second-order valence-corrected chi connectivity index (χ2v) is 6.06. The summed E-state index contributed by atoms with van der Waals surface area (Å²) in [5.41, 5.74) is 0.851. The average Bonchev–Trinajstić information content (AvgIpc) is 3.03. The highest BCUT2D eigenvalue weighted by Crippen LogP contribution is 2.23. The Morgan fingerprint density at radius 3 is 2.95 bits per heavy atom. The zero-order chi connectivity index (χ0) is 14.1. The van der Waals surface area contributed by atoms with E-state index < -0.39 is 0 Å². The lowest BCUT2D eigenvalue weighted by molar-refractivity contribution is 0.307. The third-order valence-corrected chi connectivity index (χ3v) is 4.02. The van der Waals surface area contributed by atoms with Crippen molar-refractivity contribution in [2.75, 3.05) is 13.1 Å². The number of likely N-dealkylation sites (tertiary alicyclic amines) is 1. The fourth-order valence-corrected chi connectivity index (χ4v) is 2.85. The molecule has 3 rings (SSSR count). The van der Waals surface area contributed by atoms with E-state index in [0.29, 0.717) is 6.04 Å². The highest BCUT2D eigenvalue weighted by atomic mass is 79.9. The first-order valence-electron chi connectivity index (χ1n) is 6.55. The quantitative estimate of drug-likeness (QED) is 0.844. The van der Waals surface area contributed by atoms with Gasteiger partial charge in [0.05, 0.1) is 28.6 Å². The maximum atomic E-state index is 11.3. The molecule has 0 radical (unpaired) electrons. The van der Waals surface area contributed by atoms with Crippen LogP contribution in [0.1, 0.15) is 18.2 Å². The molecule has 1 fully saturated rings. The highest BCUT2D eigenvalue weighted by Gasteiger charge is 2.24. The SMILES string of the molecule is Cn1cc(CN2CCC(n3cc(Br)cn3)C2)ncc1=O. The van der Waals surface area contributed by atoms with Crippen LogP contribution in [-0.4, -0.2) is 37.3 Å². The molecular formula is C13H16BrN5O. The van der Waals surface area contributed by atoms with E-state index in [2.05, 4.69) is 30.9 Å². The Kier molecular flexibility index (Phi) is 3.71. The normalized spacial score (nSPS) is 19.6. The van der Waals surface area contributed by atoms with E-state index >= 15 is 0 Å². The molecule has 7 heteroatoms. The molecule has 1 unspecified atom stereocenters. The molecule has 20 heavy (non-hydrogen) atoms. The van der Waals surface area contributed by atoms with Crippen LogP contribution >= 0.6 is 15.9 Å². The van der Waals surface area contributed by atoms with Gasteiger partial charge in [0.25, 0.3) is 5.56 Å². The lowest BCUT2D eigenvalue weighted by Crippen LogP contribution is -2.24. The highest BCUT2D eigenvalue weighted by molar-refractivity contribution is 9.10. The summed E-state index contributed by atoms with van der Waals surface area (Å²) >= 11 is 3.42. The summed E-state index contributed by atoms with van der Waals surface area (Å²) in [4.78, 5) is 17.9. The minimum Gasteiger partial charge on any atom is -0.315 e. The minimum atomic E-state index is -0.0746. The smallest absolute Gasteiger partial charge is 0.268 e. The maximum Gasteiger partial charge on any atom is 0.268 e. The monoisotopic (exact) mass is 337 g/mol. The van der Waals surface area contributed by atoms with E-state index in [-0.39, 0.29) is 5.56 Å². The van der Waals surface area contributed by atoms with Gasteiger partial charge in [-0.05, 0) is 22.4 Å². The van der Waals surface area contributed by atoms with Crippen molar-refractivity contribution >= 4 is 15.9 Å². The summed E-state index contributed by atoms with van der Waals surface area (Å²) in [6.45, 7) is 2.75. The maximum absolute atomic E-state index is 11.3. The van der Waals surface area contributed by atoms with Gasteiger partial charge in [0, 0.05) is 39.1 Å². The molecule has 0 saturated carbocycles. The molecule has 0 amide bonds. The molecule has 1 aliphatic heterocycles. The van der Waals surface area contributed by atoms with Crippen LogP contribution in [0.5, 0.6) is 0 Å². The van der Waals surface area contributed by atoms with Gasteiger partial charge in [0.15, 0.2) is 0 Å². The van der Waals surface area contributed by atoms with E-state index in [1.54, 1.807) is 17.8 Å². The molecular weight excluding hydrogens is 322 g/mol. The van der Waals surface area contributed by atoms with Crippen LogP contribution in [0.15, 0.2) is 34.1 Å². The van der Waals surface area contributed by atoms with Gasteiger partial charge < -0.3 is 4.57 Å². The predicted octanol–water partition coefficient (Wildman–Crippen LogP) is 1.19. The van der Waals surface area contributed by atoms with Crippen molar-refractivity contribution in [3.63, 3.8) is 0 Å². The molecule has 2 aromatic rings. The van der Waals surface area contributed by atoms with Crippen molar-refractivity contribution < 1.29 is 0 Å². The molecule has 0 bridgehead atoms. The summed E-state index contributed by atoms with van der Waals surface area (Å²) in [6.07, 6.45) is 8.10. The first-order chi connectivity index (χ1) is 9.61. The molecule has 1 atom stereocenters. The molecule has 0 aromatic carbocycles. The van der Waals surface area contributed by atoms with E-state index in [4.69, 9.17) is 0 Å². The molecule has 1 saturated heterocycles. The number of aromatic nitrogens is 4. The second kappa shape index (κ2) is 5.49. The van der Waals surface area contributed by atoms with Gasteiger partial charge in [-0.1, -0.05) is 0 Å². The Balaban J connectivity index is 1.65.